The maximum atomic E-state index is 15.4. The molecule has 8 nitrogen and oxygen atoms in total. The number of ketones is 1. The van der Waals surface area contributed by atoms with Crippen LogP contribution in [-0.2, 0) is 9.53 Å². The number of fused-ring (bicyclic) bond motifs is 2. The van der Waals surface area contributed by atoms with Crippen molar-refractivity contribution in [3.63, 3.8) is 0 Å². The Morgan fingerprint density at radius 3 is 2.82 bits per heavy atom. The largest absolute Gasteiger partial charge is 0.465 e. The minimum Gasteiger partial charge on any atom is -0.465 e. The van der Waals surface area contributed by atoms with Crippen LogP contribution in [0.25, 0.3) is 10.9 Å². The summed E-state index contributed by atoms with van der Waals surface area (Å²) < 4.78 is 21.9. The van der Waals surface area contributed by atoms with E-state index in [2.05, 4.69) is 4.99 Å². The van der Waals surface area contributed by atoms with Crippen LogP contribution in [0.15, 0.2) is 33.8 Å². The van der Waals surface area contributed by atoms with Gasteiger partial charge in [-0.2, -0.15) is 5.26 Å². The molecule has 3 aliphatic rings. The topological polar surface area (TPSA) is 105 Å². The van der Waals surface area contributed by atoms with Gasteiger partial charge in [0.25, 0.3) is 0 Å². The standard InChI is InChI=1S/C24H20ClFN4O4/c1-2-34-24(33)16(6-27)23(32)17-11-30(14-3-4-14)20-15(22(17)31)5-18(26)21(19(20)25)29-9-12-7-28-8-13(12)10-29/h5,7,10-12,14,16H,2-4,8-9H2,1H3. The number of aliphatic imine (C=N–C) groups is 1. The number of aromatic nitrogens is 1. The minimum absolute atomic E-state index is 0.0166. The summed E-state index contributed by atoms with van der Waals surface area (Å²) in [7, 11) is 0. The first-order valence-corrected chi connectivity index (χ1v) is 11.4. The second kappa shape index (κ2) is 8.37. The van der Waals surface area contributed by atoms with E-state index in [1.54, 1.807) is 22.5 Å². The van der Waals surface area contributed by atoms with Gasteiger partial charge in [0.05, 0.1) is 46.4 Å². The van der Waals surface area contributed by atoms with Crippen molar-refractivity contribution < 1.29 is 18.7 Å². The molecule has 0 radical (unpaired) electrons. The van der Waals surface area contributed by atoms with Crippen LogP contribution in [0.1, 0.15) is 36.2 Å². The summed E-state index contributed by atoms with van der Waals surface area (Å²) in [5.41, 5.74) is 0.418. The highest BCUT2D eigenvalue weighted by molar-refractivity contribution is 6.38. The molecule has 3 heterocycles. The summed E-state index contributed by atoms with van der Waals surface area (Å²) in [6.45, 7) is 2.59. The Morgan fingerprint density at radius 1 is 1.41 bits per heavy atom. The van der Waals surface area contributed by atoms with Crippen LogP contribution in [0.4, 0.5) is 10.1 Å². The molecular formula is C24H20ClFN4O4. The second-order valence-electron chi connectivity index (χ2n) is 8.56. The van der Waals surface area contributed by atoms with E-state index >= 15 is 4.39 Å². The van der Waals surface area contributed by atoms with Crippen molar-refractivity contribution in [2.24, 2.45) is 16.8 Å². The number of benzene rings is 1. The molecule has 174 valence electrons. The molecule has 10 heteroatoms. The van der Waals surface area contributed by atoms with Gasteiger partial charge in [-0.1, -0.05) is 11.6 Å². The lowest BCUT2D eigenvalue weighted by Crippen LogP contribution is -2.30. The quantitative estimate of drug-likeness (QED) is 0.355. The average Bonchev–Trinajstić information content (AvgIpc) is 3.42. The molecule has 0 N–H and O–H groups in total. The lowest BCUT2D eigenvalue weighted by Gasteiger charge is -2.22. The number of Topliss-reactive ketones (excluding diaryl/α,β-unsaturated/α-hetero) is 1. The number of hydrogen-bond donors (Lipinski definition) is 0. The van der Waals surface area contributed by atoms with E-state index in [9.17, 15) is 19.6 Å². The first-order valence-electron chi connectivity index (χ1n) is 11.0. The fourth-order valence-corrected chi connectivity index (χ4v) is 4.93. The van der Waals surface area contributed by atoms with E-state index in [0.717, 1.165) is 24.5 Å². The number of carbonyl (C=O) groups excluding carboxylic acids is 2. The van der Waals surface area contributed by atoms with E-state index in [0.29, 0.717) is 18.6 Å². The molecule has 2 aromatic rings. The Labute approximate surface area is 198 Å². The summed E-state index contributed by atoms with van der Waals surface area (Å²) in [5.74, 6) is -4.38. The molecule has 5 rings (SSSR count). The number of nitriles is 1. The van der Waals surface area contributed by atoms with Crippen molar-refractivity contribution in [1.29, 1.82) is 5.26 Å². The van der Waals surface area contributed by atoms with Crippen LogP contribution >= 0.6 is 11.6 Å². The number of pyridine rings is 1. The van der Waals surface area contributed by atoms with Crippen molar-refractivity contribution in [2.75, 3.05) is 24.6 Å². The molecule has 0 bridgehead atoms. The Kier molecular flexibility index (Phi) is 5.48. The number of carbonyl (C=O) groups is 2. The molecule has 0 amide bonds. The van der Waals surface area contributed by atoms with E-state index in [4.69, 9.17) is 16.3 Å². The van der Waals surface area contributed by atoms with Crippen LogP contribution in [0, 0.1) is 29.0 Å². The maximum Gasteiger partial charge on any atom is 0.331 e. The normalized spacial score (nSPS) is 19.6. The SMILES string of the molecule is CCOC(=O)C(C#N)C(=O)c1cn(C2CC2)c2c(Cl)c(N3C=C4CN=CC4C3)c(F)cc2c1=O. The van der Waals surface area contributed by atoms with Gasteiger partial charge in [-0.3, -0.25) is 19.4 Å². The molecule has 1 fully saturated rings. The highest BCUT2D eigenvalue weighted by atomic mass is 35.5. The van der Waals surface area contributed by atoms with Gasteiger partial charge in [-0.15, -0.1) is 0 Å². The Morgan fingerprint density at radius 2 is 2.18 bits per heavy atom. The molecule has 0 spiro atoms. The van der Waals surface area contributed by atoms with Crippen molar-refractivity contribution in [1.82, 2.24) is 4.57 Å². The molecule has 2 aliphatic heterocycles. The number of nitrogens with zero attached hydrogens (tertiary/aromatic N) is 4. The van der Waals surface area contributed by atoms with Crippen LogP contribution in [0.3, 0.4) is 0 Å². The van der Waals surface area contributed by atoms with Crippen molar-refractivity contribution in [2.45, 2.75) is 25.8 Å². The van der Waals surface area contributed by atoms with Crippen LogP contribution in [0.2, 0.25) is 5.02 Å². The fourth-order valence-electron chi connectivity index (χ4n) is 4.53. The number of rotatable bonds is 6. The van der Waals surface area contributed by atoms with Crippen molar-refractivity contribution >= 4 is 46.2 Å². The number of halogens is 2. The zero-order chi connectivity index (χ0) is 24.1. The van der Waals surface area contributed by atoms with Gasteiger partial charge in [-0.25, -0.2) is 4.39 Å². The van der Waals surface area contributed by atoms with Crippen LogP contribution in [-0.4, -0.2) is 42.2 Å². The first kappa shape index (κ1) is 22.3. The summed E-state index contributed by atoms with van der Waals surface area (Å²) in [6.07, 6.45) is 6.60. The Balaban J connectivity index is 1.67. The Hall–Kier alpha value is -3.51. The predicted molar refractivity (Wildman–Crippen MR) is 124 cm³/mol. The van der Waals surface area contributed by atoms with Crippen LogP contribution < -0.4 is 10.3 Å². The molecule has 34 heavy (non-hydrogen) atoms. The predicted octanol–water partition coefficient (Wildman–Crippen LogP) is 3.42. The summed E-state index contributed by atoms with van der Waals surface area (Å²) >= 11 is 6.73. The minimum atomic E-state index is -1.78. The van der Waals surface area contributed by atoms with Crippen molar-refractivity contribution in [3.05, 3.63) is 50.7 Å². The highest BCUT2D eigenvalue weighted by Gasteiger charge is 2.36. The Bertz CT molecular complexity index is 1400. The first-order chi connectivity index (χ1) is 16.3. The van der Waals surface area contributed by atoms with Gasteiger partial charge in [0, 0.05) is 37.1 Å². The molecule has 0 saturated heterocycles. The van der Waals surface area contributed by atoms with Gasteiger partial charge in [0.1, 0.15) is 5.82 Å². The fraction of sp³-hybridized carbons (Fsp3) is 0.375. The van der Waals surface area contributed by atoms with Gasteiger partial charge < -0.3 is 14.2 Å². The third kappa shape index (κ3) is 3.49. The molecule has 1 saturated carbocycles. The summed E-state index contributed by atoms with van der Waals surface area (Å²) in [5, 5.41) is 9.39. The third-order valence-electron chi connectivity index (χ3n) is 6.34. The van der Waals surface area contributed by atoms with E-state index in [1.807, 2.05) is 12.4 Å². The molecule has 1 aliphatic carbocycles. The number of esters is 1. The summed E-state index contributed by atoms with van der Waals surface area (Å²) in [6, 6.07) is 2.67. The van der Waals surface area contributed by atoms with Crippen molar-refractivity contribution in [3.8, 4) is 6.07 Å². The second-order valence-corrected chi connectivity index (χ2v) is 8.94. The summed E-state index contributed by atoms with van der Waals surface area (Å²) in [4.78, 5) is 44.4. The maximum absolute atomic E-state index is 15.4. The lowest BCUT2D eigenvalue weighted by atomic mass is 9.98. The average molecular weight is 483 g/mol. The molecule has 1 aromatic carbocycles. The van der Waals surface area contributed by atoms with E-state index < -0.39 is 28.9 Å². The molecular weight excluding hydrogens is 463 g/mol. The molecule has 1 aromatic heterocycles. The zero-order valence-electron chi connectivity index (χ0n) is 18.3. The zero-order valence-corrected chi connectivity index (χ0v) is 19.0. The molecule has 2 atom stereocenters. The molecule has 2 unspecified atom stereocenters. The van der Waals surface area contributed by atoms with Crippen LogP contribution in [0.5, 0.6) is 0 Å². The monoisotopic (exact) mass is 482 g/mol. The number of ether oxygens (including phenoxy) is 1. The van der Waals surface area contributed by atoms with Gasteiger partial charge >= 0.3 is 5.97 Å². The third-order valence-corrected chi connectivity index (χ3v) is 6.70. The number of hydrogen-bond acceptors (Lipinski definition) is 7. The highest BCUT2D eigenvalue weighted by Crippen LogP contribution is 2.43. The van der Waals surface area contributed by atoms with Gasteiger partial charge in [0.15, 0.2) is 11.2 Å². The van der Waals surface area contributed by atoms with E-state index in [-0.39, 0.29) is 40.2 Å². The van der Waals surface area contributed by atoms with E-state index in [1.165, 1.54) is 6.20 Å². The lowest BCUT2D eigenvalue weighted by molar-refractivity contribution is -0.144. The van der Waals surface area contributed by atoms with Gasteiger partial charge in [0.2, 0.25) is 5.92 Å². The smallest absolute Gasteiger partial charge is 0.331 e. The number of anilines is 1. The van der Waals surface area contributed by atoms with Gasteiger partial charge in [-0.05, 0) is 31.4 Å².